The van der Waals surface area contributed by atoms with E-state index in [9.17, 15) is 4.79 Å². The van der Waals surface area contributed by atoms with Crippen molar-refractivity contribution in [2.75, 3.05) is 13.2 Å². The van der Waals surface area contributed by atoms with Crippen LogP contribution in [0.5, 0.6) is 11.5 Å². The number of hydrogen-bond donors (Lipinski definition) is 1. The number of thiocarbonyl (C=S) groups is 1. The highest BCUT2D eigenvalue weighted by Gasteiger charge is 2.32. The molecule has 0 aromatic heterocycles. The largest absolute Gasteiger partial charge is 0.490 e. The molecule has 0 saturated heterocycles. The fourth-order valence-corrected chi connectivity index (χ4v) is 3.65. The van der Waals surface area contributed by atoms with E-state index >= 15 is 0 Å². The van der Waals surface area contributed by atoms with E-state index in [1.807, 2.05) is 50.8 Å². The van der Waals surface area contributed by atoms with E-state index in [1.54, 1.807) is 6.92 Å². The molecule has 1 aromatic rings. The molecule has 2 rings (SSSR count). The number of Topliss-reactive ketones (excluding diaryl/α,β-unsaturated/α-hetero) is 1. The molecule has 6 heteroatoms. The molecule has 27 heavy (non-hydrogen) atoms. The van der Waals surface area contributed by atoms with E-state index in [0.717, 1.165) is 29.8 Å². The number of allylic oxidation sites excluding steroid dienone is 1. The lowest BCUT2D eigenvalue weighted by Crippen LogP contribution is -2.47. The van der Waals surface area contributed by atoms with Gasteiger partial charge in [0.25, 0.3) is 0 Å². The summed E-state index contributed by atoms with van der Waals surface area (Å²) in [6.07, 6.45) is 0.998. The molecule has 1 aliphatic rings. The van der Waals surface area contributed by atoms with Crippen LogP contribution < -0.4 is 14.8 Å². The van der Waals surface area contributed by atoms with Crippen LogP contribution in [0.15, 0.2) is 29.5 Å². The summed E-state index contributed by atoms with van der Waals surface area (Å²) in [4.78, 5) is 14.5. The van der Waals surface area contributed by atoms with Gasteiger partial charge in [0.1, 0.15) is 0 Å². The second-order valence-electron chi connectivity index (χ2n) is 6.90. The van der Waals surface area contributed by atoms with Gasteiger partial charge >= 0.3 is 0 Å². The number of nitrogens with one attached hydrogen (secondary N) is 1. The van der Waals surface area contributed by atoms with Gasteiger partial charge < -0.3 is 19.7 Å². The van der Waals surface area contributed by atoms with Crippen LogP contribution >= 0.6 is 12.2 Å². The second-order valence-corrected chi connectivity index (χ2v) is 7.28. The fraction of sp³-hybridized carbons (Fsp3) is 0.524. The van der Waals surface area contributed by atoms with Crippen LogP contribution in [0.2, 0.25) is 0 Å². The summed E-state index contributed by atoms with van der Waals surface area (Å²) in [5.41, 5.74) is 2.58. The van der Waals surface area contributed by atoms with Crippen LogP contribution in [-0.2, 0) is 4.79 Å². The highest BCUT2D eigenvalue weighted by atomic mass is 32.1. The van der Waals surface area contributed by atoms with Crippen molar-refractivity contribution in [1.82, 2.24) is 10.2 Å². The van der Waals surface area contributed by atoms with Crippen molar-refractivity contribution in [2.45, 2.75) is 60.1 Å². The topological polar surface area (TPSA) is 50.8 Å². The van der Waals surface area contributed by atoms with Gasteiger partial charge in [0, 0.05) is 17.8 Å². The quantitative estimate of drug-likeness (QED) is 0.665. The maximum absolute atomic E-state index is 12.4. The van der Waals surface area contributed by atoms with Crippen LogP contribution in [0.1, 0.15) is 59.6 Å². The number of carbonyl (C=O) groups is 1. The Balaban J connectivity index is 2.50. The highest BCUT2D eigenvalue weighted by molar-refractivity contribution is 7.80. The van der Waals surface area contributed by atoms with Crippen molar-refractivity contribution in [3.8, 4) is 11.5 Å². The molecule has 1 heterocycles. The Morgan fingerprint density at radius 2 is 2.00 bits per heavy atom. The summed E-state index contributed by atoms with van der Waals surface area (Å²) in [6.45, 7) is 12.9. The minimum atomic E-state index is -0.296. The molecule has 1 N–H and O–H groups in total. The third-order valence-electron chi connectivity index (χ3n) is 4.39. The first-order valence-electron chi connectivity index (χ1n) is 9.53. The van der Waals surface area contributed by atoms with Gasteiger partial charge in [0.2, 0.25) is 0 Å². The van der Waals surface area contributed by atoms with E-state index in [4.69, 9.17) is 21.7 Å². The zero-order valence-corrected chi connectivity index (χ0v) is 17.9. The standard InChI is InChI=1S/C21H30N2O3S/c1-7-11-23-14(5)19(15(6)24)20(22-21(23)27)16-9-10-17(26-13(3)4)18(12-16)25-8-2/h9-10,12-13,20H,7-8,11H2,1-6H3,(H,22,27). The number of rotatable bonds is 8. The van der Waals surface area contributed by atoms with Crippen molar-refractivity contribution in [3.63, 3.8) is 0 Å². The molecule has 5 nitrogen and oxygen atoms in total. The Labute approximate surface area is 167 Å². The summed E-state index contributed by atoms with van der Waals surface area (Å²) in [6, 6.07) is 5.51. The average molecular weight is 391 g/mol. The third-order valence-corrected chi connectivity index (χ3v) is 4.72. The van der Waals surface area contributed by atoms with Crippen molar-refractivity contribution in [3.05, 3.63) is 35.0 Å². The fourth-order valence-electron chi connectivity index (χ4n) is 3.30. The Morgan fingerprint density at radius 1 is 1.30 bits per heavy atom. The van der Waals surface area contributed by atoms with Crippen LogP contribution in [0, 0.1) is 0 Å². The summed E-state index contributed by atoms with van der Waals surface area (Å²) in [5, 5.41) is 3.98. The van der Waals surface area contributed by atoms with Crippen molar-refractivity contribution in [1.29, 1.82) is 0 Å². The zero-order chi connectivity index (χ0) is 20.1. The molecule has 1 unspecified atom stereocenters. The van der Waals surface area contributed by atoms with Gasteiger partial charge in [-0.1, -0.05) is 13.0 Å². The zero-order valence-electron chi connectivity index (χ0n) is 17.1. The van der Waals surface area contributed by atoms with E-state index in [-0.39, 0.29) is 17.9 Å². The maximum atomic E-state index is 12.4. The van der Waals surface area contributed by atoms with Crippen molar-refractivity contribution in [2.24, 2.45) is 0 Å². The van der Waals surface area contributed by atoms with Crippen LogP contribution in [0.4, 0.5) is 0 Å². The minimum Gasteiger partial charge on any atom is -0.490 e. The van der Waals surface area contributed by atoms with Gasteiger partial charge in [-0.05, 0) is 71.0 Å². The van der Waals surface area contributed by atoms with Gasteiger partial charge in [0.15, 0.2) is 22.4 Å². The van der Waals surface area contributed by atoms with Crippen LogP contribution in [0.3, 0.4) is 0 Å². The van der Waals surface area contributed by atoms with Gasteiger partial charge in [-0.15, -0.1) is 0 Å². The maximum Gasteiger partial charge on any atom is 0.173 e. The summed E-state index contributed by atoms with van der Waals surface area (Å²) in [5.74, 6) is 1.41. The van der Waals surface area contributed by atoms with E-state index < -0.39 is 0 Å². The lowest BCUT2D eigenvalue weighted by Gasteiger charge is -2.37. The monoisotopic (exact) mass is 390 g/mol. The van der Waals surface area contributed by atoms with Gasteiger partial charge in [-0.25, -0.2) is 0 Å². The Hall–Kier alpha value is -2.08. The normalized spacial score (nSPS) is 17.2. The molecule has 0 aliphatic carbocycles. The molecule has 0 bridgehead atoms. The van der Waals surface area contributed by atoms with Gasteiger partial charge in [-0.3, -0.25) is 4.79 Å². The third kappa shape index (κ3) is 4.80. The molecule has 1 aromatic carbocycles. The van der Waals surface area contributed by atoms with E-state index in [0.29, 0.717) is 23.2 Å². The van der Waals surface area contributed by atoms with Crippen molar-refractivity contribution < 1.29 is 14.3 Å². The molecule has 1 aliphatic heterocycles. The van der Waals surface area contributed by atoms with E-state index in [2.05, 4.69) is 12.2 Å². The lowest BCUT2D eigenvalue weighted by molar-refractivity contribution is -0.114. The summed E-state index contributed by atoms with van der Waals surface area (Å²) >= 11 is 5.57. The van der Waals surface area contributed by atoms with E-state index in [1.165, 1.54) is 0 Å². The SMILES string of the molecule is CCCN1C(=S)NC(c2ccc(OC(C)C)c(OCC)c2)C(C(C)=O)=C1C. The van der Waals surface area contributed by atoms with Crippen LogP contribution in [0.25, 0.3) is 0 Å². The molecule has 0 amide bonds. The van der Waals surface area contributed by atoms with Crippen LogP contribution in [-0.4, -0.2) is 35.1 Å². The Morgan fingerprint density at radius 3 is 2.56 bits per heavy atom. The first-order valence-corrected chi connectivity index (χ1v) is 9.94. The average Bonchev–Trinajstić information content (AvgIpc) is 2.59. The number of nitrogens with zero attached hydrogens (tertiary/aromatic N) is 1. The Bertz CT molecular complexity index is 743. The lowest BCUT2D eigenvalue weighted by atomic mass is 9.92. The Kier molecular flexibility index (Phi) is 7.25. The number of carbonyl (C=O) groups excluding carboxylic acids is 1. The molecule has 0 saturated carbocycles. The molecule has 0 fully saturated rings. The smallest absolute Gasteiger partial charge is 0.173 e. The minimum absolute atomic E-state index is 0.0362. The first kappa shape index (κ1) is 21.2. The molecule has 148 valence electrons. The van der Waals surface area contributed by atoms with Gasteiger partial charge in [-0.2, -0.15) is 0 Å². The number of ether oxygens (including phenoxy) is 2. The molecule has 1 atom stereocenters. The molecular weight excluding hydrogens is 360 g/mol. The molecular formula is C21H30N2O3S. The van der Waals surface area contributed by atoms with Gasteiger partial charge in [0.05, 0.1) is 18.8 Å². The summed E-state index contributed by atoms with van der Waals surface area (Å²) < 4.78 is 11.6. The molecule has 0 spiro atoms. The van der Waals surface area contributed by atoms with Crippen molar-refractivity contribution >= 4 is 23.1 Å². The highest BCUT2D eigenvalue weighted by Crippen LogP contribution is 2.36. The number of ketones is 1. The summed E-state index contributed by atoms with van der Waals surface area (Å²) in [7, 11) is 0. The first-order chi connectivity index (χ1) is 12.8. The predicted octanol–water partition coefficient (Wildman–Crippen LogP) is 4.38. The predicted molar refractivity (Wildman–Crippen MR) is 112 cm³/mol. The number of benzene rings is 1. The number of hydrogen-bond acceptors (Lipinski definition) is 4. The second kappa shape index (κ2) is 9.22. The molecule has 0 radical (unpaired) electrons.